The van der Waals surface area contributed by atoms with Crippen molar-refractivity contribution in [2.45, 2.75) is 13.0 Å². The quantitative estimate of drug-likeness (QED) is 0.622. The summed E-state index contributed by atoms with van der Waals surface area (Å²) >= 11 is 3.37. The first-order chi connectivity index (χ1) is 12.0. The highest BCUT2D eigenvalue weighted by molar-refractivity contribution is 9.10. The number of rotatable bonds is 4. The van der Waals surface area contributed by atoms with Gasteiger partial charge in [-0.3, -0.25) is 4.79 Å². The van der Waals surface area contributed by atoms with E-state index in [9.17, 15) is 9.59 Å². The molecule has 3 aromatic rings. The van der Waals surface area contributed by atoms with E-state index in [2.05, 4.69) is 30.8 Å². The highest BCUT2D eigenvalue weighted by atomic mass is 79.9. The van der Waals surface area contributed by atoms with Gasteiger partial charge in [0.25, 0.3) is 11.4 Å². The van der Waals surface area contributed by atoms with E-state index in [4.69, 9.17) is 4.52 Å². The second-order valence-electron chi connectivity index (χ2n) is 5.29. The third-order valence-corrected chi connectivity index (χ3v) is 4.20. The van der Waals surface area contributed by atoms with E-state index in [-0.39, 0.29) is 11.4 Å². The summed E-state index contributed by atoms with van der Waals surface area (Å²) in [6, 6.07) is 9.64. The molecule has 7 nitrogen and oxygen atoms in total. The number of nitrogens with zero attached hydrogens (tertiary/aromatic N) is 3. The smallest absolute Gasteiger partial charge is 0.328 e. The van der Waals surface area contributed by atoms with Gasteiger partial charge in [0.2, 0.25) is 5.82 Å². The lowest BCUT2D eigenvalue weighted by Gasteiger charge is -2.12. The molecule has 25 heavy (non-hydrogen) atoms. The Labute approximate surface area is 151 Å². The van der Waals surface area contributed by atoms with E-state index in [0.29, 0.717) is 11.4 Å². The lowest BCUT2D eigenvalue weighted by Crippen LogP contribution is -2.27. The van der Waals surface area contributed by atoms with Crippen molar-refractivity contribution in [2.24, 2.45) is 0 Å². The summed E-state index contributed by atoms with van der Waals surface area (Å²) < 4.78 is 12.2. The Hall–Kier alpha value is -2.74. The normalized spacial score (nSPS) is 12.0. The molecule has 0 amide bonds. The minimum atomic E-state index is -0.758. The van der Waals surface area contributed by atoms with Crippen LogP contribution in [0.3, 0.4) is 0 Å². The van der Waals surface area contributed by atoms with Gasteiger partial charge in [-0.2, -0.15) is 4.98 Å². The molecule has 2 heterocycles. The monoisotopic (exact) mass is 403 g/mol. The lowest BCUT2D eigenvalue weighted by atomic mass is 10.2. The molecule has 128 valence electrons. The summed E-state index contributed by atoms with van der Waals surface area (Å²) in [4.78, 5) is 28.0. The first-order valence-electron chi connectivity index (χ1n) is 7.39. The van der Waals surface area contributed by atoms with Crippen molar-refractivity contribution in [2.75, 3.05) is 7.11 Å². The first kappa shape index (κ1) is 17.1. The standard InChI is InChI=1S/C17H14BrN3O4/c1-10(17(23)24-2)21-9-12(5-8-14(21)22)16-19-15(20-25-16)11-3-6-13(18)7-4-11/h3-10H,1-2H3. The molecule has 0 saturated heterocycles. The average molecular weight is 404 g/mol. The Bertz CT molecular complexity index is 963. The zero-order valence-electron chi connectivity index (χ0n) is 13.5. The summed E-state index contributed by atoms with van der Waals surface area (Å²) in [6.07, 6.45) is 1.50. The molecule has 0 aliphatic rings. The molecule has 0 bridgehead atoms. The highest BCUT2D eigenvalue weighted by Gasteiger charge is 2.18. The van der Waals surface area contributed by atoms with Gasteiger partial charge in [0.15, 0.2) is 0 Å². The second-order valence-corrected chi connectivity index (χ2v) is 6.21. The van der Waals surface area contributed by atoms with Crippen molar-refractivity contribution in [3.05, 3.63) is 57.4 Å². The summed E-state index contributed by atoms with van der Waals surface area (Å²) in [5, 5.41) is 3.96. The Kier molecular flexibility index (Phi) is 4.80. The third kappa shape index (κ3) is 3.53. The van der Waals surface area contributed by atoms with Crippen LogP contribution in [-0.4, -0.2) is 27.8 Å². The zero-order chi connectivity index (χ0) is 18.0. The number of pyridine rings is 1. The Morgan fingerprint density at radius 3 is 2.56 bits per heavy atom. The van der Waals surface area contributed by atoms with Gasteiger partial charge >= 0.3 is 5.97 Å². The maximum atomic E-state index is 12.0. The van der Waals surface area contributed by atoms with Crippen LogP contribution in [0.2, 0.25) is 0 Å². The van der Waals surface area contributed by atoms with Crippen molar-refractivity contribution in [3.8, 4) is 22.8 Å². The summed E-state index contributed by atoms with van der Waals surface area (Å²) in [6.45, 7) is 1.58. The largest absolute Gasteiger partial charge is 0.467 e. The van der Waals surface area contributed by atoms with Crippen LogP contribution in [0.5, 0.6) is 0 Å². The molecule has 0 saturated carbocycles. The molecule has 8 heteroatoms. The van der Waals surface area contributed by atoms with Crippen molar-refractivity contribution in [1.82, 2.24) is 14.7 Å². The molecular formula is C17H14BrN3O4. The van der Waals surface area contributed by atoms with E-state index in [1.165, 1.54) is 23.9 Å². The van der Waals surface area contributed by atoms with Gasteiger partial charge in [0.1, 0.15) is 6.04 Å². The highest BCUT2D eigenvalue weighted by Crippen LogP contribution is 2.23. The van der Waals surface area contributed by atoms with E-state index in [1.54, 1.807) is 13.0 Å². The molecule has 3 rings (SSSR count). The van der Waals surface area contributed by atoms with Gasteiger partial charge in [-0.05, 0) is 37.3 Å². The Balaban J connectivity index is 1.96. The Morgan fingerprint density at radius 2 is 1.88 bits per heavy atom. The van der Waals surface area contributed by atoms with Crippen LogP contribution in [-0.2, 0) is 9.53 Å². The van der Waals surface area contributed by atoms with Crippen LogP contribution < -0.4 is 5.56 Å². The minimum absolute atomic E-state index is 0.253. The second kappa shape index (κ2) is 7.02. The van der Waals surface area contributed by atoms with Gasteiger partial charge in [-0.25, -0.2) is 4.79 Å². The number of carbonyl (C=O) groups excluding carboxylic acids is 1. The molecule has 2 aromatic heterocycles. The van der Waals surface area contributed by atoms with Crippen LogP contribution in [0.1, 0.15) is 13.0 Å². The molecule has 1 atom stereocenters. The zero-order valence-corrected chi connectivity index (χ0v) is 15.1. The fourth-order valence-electron chi connectivity index (χ4n) is 2.27. The molecule has 0 N–H and O–H groups in total. The van der Waals surface area contributed by atoms with Gasteiger partial charge in [0.05, 0.1) is 12.7 Å². The van der Waals surface area contributed by atoms with Gasteiger partial charge in [0, 0.05) is 22.3 Å². The molecule has 0 radical (unpaired) electrons. The molecule has 0 aliphatic heterocycles. The van der Waals surface area contributed by atoms with Crippen molar-refractivity contribution in [1.29, 1.82) is 0 Å². The molecule has 0 aliphatic carbocycles. The van der Waals surface area contributed by atoms with E-state index < -0.39 is 12.0 Å². The van der Waals surface area contributed by atoms with Crippen LogP contribution >= 0.6 is 15.9 Å². The lowest BCUT2D eigenvalue weighted by molar-refractivity contribution is -0.144. The number of ether oxygens (including phenoxy) is 1. The number of benzene rings is 1. The van der Waals surface area contributed by atoms with Crippen LogP contribution in [0, 0.1) is 0 Å². The maximum Gasteiger partial charge on any atom is 0.328 e. The van der Waals surface area contributed by atoms with Crippen molar-refractivity contribution >= 4 is 21.9 Å². The summed E-state index contributed by atoms with van der Waals surface area (Å²) in [5.41, 5.74) is 1.01. The average Bonchev–Trinajstić information content (AvgIpc) is 3.11. The summed E-state index contributed by atoms with van der Waals surface area (Å²) in [5.74, 6) is 0.172. The van der Waals surface area contributed by atoms with Crippen molar-refractivity contribution in [3.63, 3.8) is 0 Å². The van der Waals surface area contributed by atoms with Crippen LogP contribution in [0.4, 0.5) is 0 Å². The fourth-order valence-corrected chi connectivity index (χ4v) is 2.54. The van der Waals surface area contributed by atoms with Crippen molar-refractivity contribution < 1.29 is 14.1 Å². The topological polar surface area (TPSA) is 87.2 Å². The van der Waals surface area contributed by atoms with E-state index >= 15 is 0 Å². The third-order valence-electron chi connectivity index (χ3n) is 3.67. The van der Waals surface area contributed by atoms with Crippen LogP contribution in [0.25, 0.3) is 22.8 Å². The van der Waals surface area contributed by atoms with E-state index in [1.807, 2.05) is 24.3 Å². The fraction of sp³-hybridized carbons (Fsp3) is 0.176. The molecular weight excluding hydrogens is 390 g/mol. The molecule has 0 spiro atoms. The van der Waals surface area contributed by atoms with Crippen LogP contribution in [0.15, 0.2) is 56.4 Å². The number of halogens is 1. The molecule has 1 unspecified atom stereocenters. The molecule has 1 aromatic carbocycles. The first-order valence-corrected chi connectivity index (χ1v) is 8.19. The van der Waals surface area contributed by atoms with E-state index in [0.717, 1.165) is 10.0 Å². The number of carbonyl (C=O) groups is 1. The SMILES string of the molecule is COC(=O)C(C)n1cc(-c2nc(-c3ccc(Br)cc3)no2)ccc1=O. The van der Waals surface area contributed by atoms with Gasteiger partial charge in [-0.1, -0.05) is 21.1 Å². The number of hydrogen-bond donors (Lipinski definition) is 0. The predicted octanol–water partition coefficient (Wildman–Crippen LogP) is 3.06. The summed E-state index contributed by atoms with van der Waals surface area (Å²) in [7, 11) is 1.27. The minimum Gasteiger partial charge on any atom is -0.467 e. The van der Waals surface area contributed by atoms with Gasteiger partial charge < -0.3 is 13.8 Å². The number of aromatic nitrogens is 3. The number of hydrogen-bond acceptors (Lipinski definition) is 6. The van der Waals surface area contributed by atoms with Gasteiger partial charge in [-0.15, -0.1) is 0 Å². The maximum absolute atomic E-state index is 12.0. The Morgan fingerprint density at radius 1 is 1.20 bits per heavy atom. The number of methoxy groups -OCH3 is 1. The molecule has 0 fully saturated rings. The predicted molar refractivity (Wildman–Crippen MR) is 93.9 cm³/mol. The number of esters is 1.